The lowest BCUT2D eigenvalue weighted by molar-refractivity contribution is 0.669. The average Bonchev–Trinajstić information content (AvgIpc) is 4.01. The van der Waals surface area contributed by atoms with E-state index in [-0.39, 0.29) is 63.8 Å². The summed E-state index contributed by atoms with van der Waals surface area (Å²) in [5.41, 5.74) is 6.74. The predicted molar refractivity (Wildman–Crippen MR) is 230 cm³/mol. The predicted octanol–water partition coefficient (Wildman–Crippen LogP) is 13.4. The van der Waals surface area contributed by atoms with E-state index in [1.807, 2.05) is 127 Å². The zero-order valence-corrected chi connectivity index (χ0v) is 30.0. The first-order valence-electron chi connectivity index (χ1n) is 21.5. The third kappa shape index (κ3) is 4.87. The Labute approximate surface area is 334 Å². The van der Waals surface area contributed by atoms with Crippen LogP contribution in [0.3, 0.4) is 0 Å². The van der Waals surface area contributed by atoms with Gasteiger partial charge >= 0.3 is 0 Å². The molecule has 0 aliphatic carbocycles. The van der Waals surface area contributed by atoms with E-state index in [0.29, 0.717) is 39.9 Å². The second kappa shape index (κ2) is 12.3. The number of benzene rings is 8. The summed E-state index contributed by atoms with van der Waals surface area (Å²) in [5.74, 6) is 1.21. The summed E-state index contributed by atoms with van der Waals surface area (Å²) in [6.45, 7) is 0. The van der Waals surface area contributed by atoms with Gasteiger partial charge in [-0.15, -0.1) is 0 Å². The maximum atomic E-state index is 9.56. The fourth-order valence-electron chi connectivity index (χ4n) is 8.12. The van der Waals surface area contributed by atoms with E-state index in [4.69, 9.17) is 29.3 Å². The molecule has 0 saturated carbocycles. The highest BCUT2D eigenvalue weighted by molar-refractivity contribution is 6.13. The molecule has 4 heterocycles. The van der Waals surface area contributed by atoms with E-state index in [2.05, 4.69) is 16.7 Å². The monoisotopic (exact) mass is 736 g/mol. The van der Waals surface area contributed by atoms with Crippen LogP contribution >= 0.6 is 0 Å². The van der Waals surface area contributed by atoms with Gasteiger partial charge in [0.2, 0.25) is 0 Å². The maximum absolute atomic E-state index is 9.56. The first kappa shape index (κ1) is 26.1. The van der Waals surface area contributed by atoms with Crippen LogP contribution in [-0.4, -0.2) is 19.5 Å². The number of fused-ring (bicyclic) bond motifs is 9. The van der Waals surface area contributed by atoms with Gasteiger partial charge in [-0.2, -0.15) is 0 Å². The van der Waals surface area contributed by atoms with E-state index < -0.39 is 0 Å². The molecule has 0 saturated heterocycles. The quantitative estimate of drug-likeness (QED) is 0.176. The fourth-order valence-corrected chi connectivity index (χ4v) is 8.12. The van der Waals surface area contributed by atoms with Crippen LogP contribution in [0.15, 0.2) is 191 Å². The van der Waals surface area contributed by atoms with Crippen LogP contribution in [0, 0.1) is 0 Å². The Balaban J connectivity index is 1.20. The first-order chi connectivity index (χ1) is 30.7. The SMILES string of the molecule is [2H]c1cc([2H])c2oc3c(-c4cc(-c5nc(-c6ccccc6)nc(-c6cccc7oc8ccccc8c67)n5)ccc4-n4c5ccccc5c5ccccc54)c([2H])c([2H])c([2H])c3c2c1[2H]. The molecule has 0 unspecified atom stereocenters. The molecule has 266 valence electrons. The van der Waals surface area contributed by atoms with Crippen LogP contribution in [0.25, 0.3) is 117 Å². The van der Waals surface area contributed by atoms with Crippen molar-refractivity contribution in [3.63, 3.8) is 0 Å². The van der Waals surface area contributed by atoms with Crippen molar-refractivity contribution >= 4 is 65.7 Å². The van der Waals surface area contributed by atoms with E-state index >= 15 is 0 Å². The molecule has 0 atom stereocenters. The van der Waals surface area contributed by atoms with Crippen molar-refractivity contribution in [3.05, 3.63) is 182 Å². The van der Waals surface area contributed by atoms with E-state index in [1.165, 1.54) is 6.07 Å². The Morgan fingerprint density at radius 1 is 0.421 bits per heavy atom. The highest BCUT2D eigenvalue weighted by Crippen LogP contribution is 2.43. The van der Waals surface area contributed by atoms with Crippen LogP contribution < -0.4 is 0 Å². The normalized spacial score (nSPS) is 13.3. The summed E-state index contributed by atoms with van der Waals surface area (Å²) >= 11 is 0. The van der Waals surface area contributed by atoms with Gasteiger partial charge in [0.25, 0.3) is 0 Å². The van der Waals surface area contributed by atoms with E-state index in [9.17, 15) is 2.74 Å². The van der Waals surface area contributed by atoms with Crippen LogP contribution in [0.5, 0.6) is 0 Å². The molecule has 6 nitrogen and oxygen atoms in total. The van der Waals surface area contributed by atoms with Gasteiger partial charge < -0.3 is 13.4 Å². The van der Waals surface area contributed by atoms with Gasteiger partial charge in [-0.3, -0.25) is 0 Å². The number of para-hydroxylation sites is 5. The smallest absolute Gasteiger partial charge is 0.164 e. The van der Waals surface area contributed by atoms with Crippen molar-refractivity contribution in [3.8, 4) is 51.0 Å². The Morgan fingerprint density at radius 3 is 1.93 bits per heavy atom. The van der Waals surface area contributed by atoms with Crippen molar-refractivity contribution in [1.82, 2.24) is 19.5 Å². The maximum Gasteiger partial charge on any atom is 0.164 e. The zero-order chi connectivity index (χ0) is 42.7. The van der Waals surface area contributed by atoms with Gasteiger partial charge in [0.05, 0.1) is 24.9 Å². The Hall–Kier alpha value is -7.83. The standard InChI is InChI=1S/C51H30N4O2/c1-2-14-31(15-3-1)49-52-50(54-51(53-49)39-22-13-27-46-47(39)38-19-7-11-26-45(38)56-46)32-28-29-43(55-41-23-8-4-16-33(41)34-17-5-9-24-42(34)55)40(30-32)37-21-12-20-36-35-18-6-10-25-44(35)57-48(36)37/h1-30H/i6D,12D,18D,20D,21D,25D. The molecule has 12 rings (SSSR count). The minimum Gasteiger partial charge on any atom is -0.456 e. The lowest BCUT2D eigenvalue weighted by atomic mass is 9.97. The molecule has 0 fully saturated rings. The van der Waals surface area contributed by atoms with E-state index in [0.717, 1.165) is 49.3 Å². The molecular formula is C51H30N4O2. The summed E-state index contributed by atoms with van der Waals surface area (Å²) in [6.07, 6.45) is 0. The fraction of sp³-hybridized carbons (Fsp3) is 0. The molecule has 0 radical (unpaired) electrons. The number of furan rings is 2. The molecule has 0 aliphatic rings. The summed E-state index contributed by atoms with van der Waals surface area (Å²) in [7, 11) is 0. The van der Waals surface area contributed by atoms with Crippen LogP contribution in [-0.2, 0) is 0 Å². The molecule has 4 aromatic heterocycles. The molecule has 0 spiro atoms. The van der Waals surface area contributed by atoms with Gasteiger partial charge in [-0.25, -0.2) is 15.0 Å². The molecule has 0 N–H and O–H groups in total. The van der Waals surface area contributed by atoms with Gasteiger partial charge in [-0.1, -0.05) is 133 Å². The molecule has 6 heteroatoms. The lowest BCUT2D eigenvalue weighted by Gasteiger charge is -2.16. The Bertz CT molecular complexity index is 3840. The Morgan fingerprint density at radius 2 is 1.11 bits per heavy atom. The van der Waals surface area contributed by atoms with Gasteiger partial charge in [-0.05, 0) is 48.5 Å². The molecule has 57 heavy (non-hydrogen) atoms. The molecule has 12 aromatic rings. The number of hydrogen-bond acceptors (Lipinski definition) is 5. The molecule has 0 aliphatic heterocycles. The second-order valence-corrected chi connectivity index (χ2v) is 13.9. The summed E-state index contributed by atoms with van der Waals surface area (Å²) in [4.78, 5) is 15.3. The van der Waals surface area contributed by atoms with E-state index in [1.54, 1.807) is 0 Å². The highest BCUT2D eigenvalue weighted by atomic mass is 16.3. The largest absolute Gasteiger partial charge is 0.456 e. The summed E-state index contributed by atoms with van der Waals surface area (Å²) in [6, 6.07) is 45.0. The zero-order valence-electron chi connectivity index (χ0n) is 36.0. The van der Waals surface area contributed by atoms with Crippen LogP contribution in [0.4, 0.5) is 0 Å². The first-order valence-corrected chi connectivity index (χ1v) is 18.5. The van der Waals surface area contributed by atoms with Crippen molar-refractivity contribution < 1.29 is 17.1 Å². The van der Waals surface area contributed by atoms with Crippen LogP contribution in [0.2, 0.25) is 0 Å². The topological polar surface area (TPSA) is 69.9 Å². The van der Waals surface area contributed by atoms with Crippen LogP contribution in [0.1, 0.15) is 8.22 Å². The summed E-state index contributed by atoms with van der Waals surface area (Å²) < 4.78 is 68.8. The van der Waals surface area contributed by atoms with Crippen molar-refractivity contribution in [2.75, 3.05) is 0 Å². The third-order valence-electron chi connectivity index (χ3n) is 10.6. The van der Waals surface area contributed by atoms with Crippen molar-refractivity contribution in [2.24, 2.45) is 0 Å². The minimum atomic E-state index is -0.380. The summed E-state index contributed by atoms with van der Waals surface area (Å²) in [5, 5.41) is 4.02. The molecular weight excluding hydrogens is 701 g/mol. The van der Waals surface area contributed by atoms with Gasteiger partial charge in [0.15, 0.2) is 17.5 Å². The number of rotatable bonds is 5. The van der Waals surface area contributed by atoms with Crippen molar-refractivity contribution in [2.45, 2.75) is 0 Å². The molecule has 8 aromatic carbocycles. The molecule has 0 amide bonds. The third-order valence-corrected chi connectivity index (χ3v) is 10.6. The second-order valence-electron chi connectivity index (χ2n) is 13.9. The number of nitrogens with zero attached hydrogens (tertiary/aromatic N) is 4. The number of hydrogen-bond donors (Lipinski definition) is 0. The highest BCUT2D eigenvalue weighted by Gasteiger charge is 2.22. The molecule has 0 bridgehead atoms. The number of aromatic nitrogens is 4. The van der Waals surface area contributed by atoms with Gasteiger partial charge in [0, 0.05) is 60.1 Å². The Kier molecular flexibility index (Phi) is 5.64. The lowest BCUT2D eigenvalue weighted by Crippen LogP contribution is -2.02. The van der Waals surface area contributed by atoms with Gasteiger partial charge in [0.1, 0.15) is 22.3 Å². The minimum absolute atomic E-state index is 0.0101. The van der Waals surface area contributed by atoms with Crippen molar-refractivity contribution in [1.29, 1.82) is 0 Å². The average molecular weight is 737 g/mol.